The molecule has 0 fully saturated rings. The third kappa shape index (κ3) is 7.95. The van der Waals surface area contributed by atoms with Crippen molar-refractivity contribution < 1.29 is 43.6 Å². The van der Waals surface area contributed by atoms with Crippen LogP contribution >= 0.6 is 45.3 Å². The van der Waals surface area contributed by atoms with Crippen LogP contribution in [-0.2, 0) is 0 Å². The molecule has 0 saturated heterocycles. The molecule has 0 saturated carbocycles. The van der Waals surface area contributed by atoms with Gasteiger partial charge in [0, 0.05) is 17.2 Å². The number of rotatable bonds is 4. The number of anilines is 2. The SMILES string of the molecule is CN(c1n[n+]2c(-c3ccccc3)csc2s1)c1n[n+]2c(-c3ccccc3)csc2s1.F[B-](F)(F)F.F[B-](F)(F)F. The van der Waals surface area contributed by atoms with E-state index in [0.29, 0.717) is 0 Å². The zero-order valence-corrected chi connectivity index (χ0v) is 23.2. The average molecular weight is 639 g/mol. The molecule has 4 heterocycles. The van der Waals surface area contributed by atoms with Crippen molar-refractivity contribution in [3.8, 4) is 22.5 Å². The molecule has 6 rings (SSSR count). The van der Waals surface area contributed by atoms with E-state index >= 15 is 0 Å². The Balaban J connectivity index is 0.000000321. The van der Waals surface area contributed by atoms with Gasteiger partial charge in [0.2, 0.25) is 0 Å². The first-order chi connectivity index (χ1) is 18.8. The van der Waals surface area contributed by atoms with E-state index in [1.54, 1.807) is 45.3 Å². The smallest absolute Gasteiger partial charge is 0.418 e. The van der Waals surface area contributed by atoms with Crippen LogP contribution in [0.2, 0.25) is 0 Å². The normalized spacial score (nSPS) is 11.6. The van der Waals surface area contributed by atoms with Gasteiger partial charge in [-0.2, -0.15) is 0 Å². The van der Waals surface area contributed by atoms with Gasteiger partial charge < -0.3 is 34.5 Å². The summed E-state index contributed by atoms with van der Waals surface area (Å²) in [6, 6.07) is 20.8. The van der Waals surface area contributed by atoms with Crippen molar-refractivity contribution in [2.75, 3.05) is 11.9 Å². The van der Waals surface area contributed by atoms with Gasteiger partial charge in [-0.25, -0.2) is 0 Å². The highest BCUT2D eigenvalue weighted by Gasteiger charge is 2.29. The summed E-state index contributed by atoms with van der Waals surface area (Å²) in [6.07, 6.45) is 0. The van der Waals surface area contributed by atoms with Crippen molar-refractivity contribution >= 4 is 78.4 Å². The molecular formula is C21H15B2F8N5S4. The van der Waals surface area contributed by atoms with Gasteiger partial charge in [0.05, 0.1) is 21.9 Å². The molecule has 0 spiro atoms. The fourth-order valence-corrected chi connectivity index (χ4v) is 7.26. The largest absolute Gasteiger partial charge is 0.673 e. The van der Waals surface area contributed by atoms with Crippen LogP contribution in [-0.4, -0.2) is 31.8 Å². The fraction of sp³-hybridized carbons (Fsp3) is 0.0476. The number of nitrogens with zero attached hydrogens (tertiary/aromatic N) is 5. The molecule has 5 nitrogen and oxygen atoms in total. The second kappa shape index (κ2) is 12.2. The average Bonchev–Trinajstić information content (AvgIpc) is 3.63. The molecule has 4 aromatic heterocycles. The summed E-state index contributed by atoms with van der Waals surface area (Å²) in [5.41, 5.74) is 4.58. The van der Waals surface area contributed by atoms with Crippen molar-refractivity contribution in [3.05, 3.63) is 71.4 Å². The second-order valence-corrected chi connectivity index (χ2v) is 11.8. The highest BCUT2D eigenvalue weighted by molar-refractivity contribution is 7.37. The van der Waals surface area contributed by atoms with Crippen LogP contribution in [0.15, 0.2) is 71.4 Å². The second-order valence-electron chi connectivity index (χ2n) is 7.65. The topological polar surface area (TPSA) is 37.2 Å². The van der Waals surface area contributed by atoms with Crippen LogP contribution in [0.3, 0.4) is 0 Å². The Hall–Kier alpha value is -3.15. The maximum Gasteiger partial charge on any atom is 0.673 e. The maximum absolute atomic E-state index is 9.75. The van der Waals surface area contributed by atoms with Crippen LogP contribution < -0.4 is 13.9 Å². The molecule has 210 valence electrons. The zero-order valence-electron chi connectivity index (χ0n) is 20.0. The summed E-state index contributed by atoms with van der Waals surface area (Å²) < 4.78 is 84.4. The Labute approximate surface area is 237 Å². The van der Waals surface area contributed by atoms with Crippen molar-refractivity contribution in [2.45, 2.75) is 0 Å². The summed E-state index contributed by atoms with van der Waals surface area (Å²) in [5, 5.41) is 16.0. The highest BCUT2D eigenvalue weighted by Crippen LogP contribution is 2.34. The van der Waals surface area contributed by atoms with E-state index in [1.807, 2.05) is 28.2 Å². The van der Waals surface area contributed by atoms with E-state index in [-0.39, 0.29) is 0 Å². The van der Waals surface area contributed by atoms with Gasteiger partial charge in [0.15, 0.2) is 0 Å². The van der Waals surface area contributed by atoms with Gasteiger partial charge in [-0.05, 0) is 56.0 Å². The Morgan fingerprint density at radius 1 is 0.600 bits per heavy atom. The number of hydrogen-bond acceptors (Lipinski definition) is 7. The predicted molar refractivity (Wildman–Crippen MR) is 146 cm³/mol. The number of thiazole rings is 2. The van der Waals surface area contributed by atoms with Gasteiger partial charge in [-0.1, -0.05) is 59.1 Å². The van der Waals surface area contributed by atoms with E-state index < -0.39 is 14.5 Å². The van der Waals surface area contributed by atoms with Crippen LogP contribution in [0.1, 0.15) is 0 Å². The molecule has 0 N–H and O–H groups in total. The summed E-state index contributed by atoms with van der Waals surface area (Å²) in [4.78, 5) is 2.08. The molecule has 0 radical (unpaired) electrons. The van der Waals surface area contributed by atoms with E-state index in [0.717, 1.165) is 29.9 Å². The molecule has 0 atom stereocenters. The summed E-state index contributed by atoms with van der Waals surface area (Å²) in [5.74, 6) is 0. The predicted octanol–water partition coefficient (Wildman–Crippen LogP) is 7.90. The lowest BCUT2D eigenvalue weighted by atomic mass is 10.2. The Kier molecular flexibility index (Phi) is 9.06. The number of aromatic nitrogens is 4. The van der Waals surface area contributed by atoms with Gasteiger partial charge in [-0.15, -0.1) is 0 Å². The Morgan fingerprint density at radius 3 is 1.25 bits per heavy atom. The maximum atomic E-state index is 9.75. The van der Waals surface area contributed by atoms with E-state index in [2.05, 4.69) is 64.2 Å². The minimum absolute atomic E-state index is 0.933. The summed E-state index contributed by atoms with van der Waals surface area (Å²) >= 11 is 6.81. The van der Waals surface area contributed by atoms with Crippen molar-refractivity contribution in [1.29, 1.82) is 0 Å². The molecular weight excluding hydrogens is 624 g/mol. The van der Waals surface area contributed by atoms with Gasteiger partial charge in [-0.3, -0.25) is 4.90 Å². The van der Waals surface area contributed by atoms with E-state index in [4.69, 9.17) is 10.2 Å². The lowest BCUT2D eigenvalue weighted by Gasteiger charge is -2.05. The molecule has 0 amide bonds. The Morgan fingerprint density at radius 2 is 0.925 bits per heavy atom. The van der Waals surface area contributed by atoms with Crippen LogP contribution in [0.5, 0.6) is 0 Å². The first-order valence-electron chi connectivity index (χ1n) is 11.0. The number of fused-ring (bicyclic) bond motifs is 2. The summed E-state index contributed by atoms with van der Waals surface area (Å²) in [6.45, 7) is 0. The van der Waals surface area contributed by atoms with Crippen molar-refractivity contribution in [3.63, 3.8) is 0 Å². The Bertz CT molecular complexity index is 1550. The van der Waals surface area contributed by atoms with Crippen LogP contribution in [0.4, 0.5) is 44.8 Å². The van der Waals surface area contributed by atoms with E-state index in [1.165, 1.54) is 11.1 Å². The molecule has 0 aliphatic carbocycles. The molecule has 0 aliphatic rings. The molecule has 2 aromatic carbocycles. The first kappa shape index (κ1) is 29.8. The number of hydrogen-bond donors (Lipinski definition) is 0. The first-order valence-corrected chi connectivity index (χ1v) is 14.4. The molecule has 0 unspecified atom stereocenters. The van der Waals surface area contributed by atoms with Crippen molar-refractivity contribution in [1.82, 2.24) is 10.2 Å². The minimum atomic E-state index is -6.00. The fourth-order valence-electron chi connectivity index (χ4n) is 3.25. The lowest BCUT2D eigenvalue weighted by molar-refractivity contribution is -0.559. The highest BCUT2D eigenvalue weighted by atomic mass is 32.2. The van der Waals surface area contributed by atoms with E-state index in [9.17, 15) is 34.5 Å². The molecule has 19 heteroatoms. The molecule has 40 heavy (non-hydrogen) atoms. The minimum Gasteiger partial charge on any atom is -0.418 e. The van der Waals surface area contributed by atoms with Gasteiger partial charge in [0.25, 0.3) is 21.7 Å². The zero-order chi connectivity index (χ0) is 29.1. The number of halogens is 8. The van der Waals surface area contributed by atoms with Crippen LogP contribution in [0, 0.1) is 0 Å². The molecule has 6 aromatic rings. The van der Waals surface area contributed by atoms with Gasteiger partial charge >= 0.3 is 22.8 Å². The van der Waals surface area contributed by atoms with Gasteiger partial charge in [0.1, 0.15) is 0 Å². The standard InChI is InChI=1S/C21H15N5S4.2BF4/c1-24(18-22-25-16(12-27-20(25)29-18)14-8-4-2-5-9-14)19-23-26-17(13-28-21(26)30-19)15-10-6-3-7-11-15;2*2-1(3,4)5/h2-13H,1H3;;/q+2;2*-1. The molecule has 0 bridgehead atoms. The molecule has 0 aliphatic heterocycles. The van der Waals surface area contributed by atoms with Crippen LogP contribution in [0.25, 0.3) is 30.8 Å². The lowest BCUT2D eigenvalue weighted by Crippen LogP contribution is -2.26. The third-order valence-electron chi connectivity index (χ3n) is 4.79. The third-order valence-corrected chi connectivity index (χ3v) is 9.07. The van der Waals surface area contributed by atoms with Crippen molar-refractivity contribution in [2.24, 2.45) is 0 Å². The number of benzene rings is 2. The quantitative estimate of drug-likeness (QED) is 0.112. The monoisotopic (exact) mass is 639 g/mol. The summed E-state index contributed by atoms with van der Waals surface area (Å²) in [7, 11) is -9.96.